The largest absolute Gasteiger partial charge is 0.381 e. The maximum atomic E-state index is 3.52. The molecular formula is C18H21N. The van der Waals surface area contributed by atoms with E-state index in [1.54, 1.807) is 0 Å². The quantitative estimate of drug-likeness (QED) is 0.809. The molecule has 0 heterocycles. The number of benzene rings is 2. The molecular weight excluding hydrogens is 230 g/mol. The third kappa shape index (κ3) is 3.17. The standard InChI is InChI=1S/C18H21N/c1-2-14-5-4-8-18(12-14)19-13-15-6-3-7-17(11-15)16-9-10-16/h3-8,11-12,16,19H,2,9-10,13H2,1H3. The van der Waals surface area contributed by atoms with Gasteiger partial charge in [-0.3, -0.25) is 0 Å². The minimum absolute atomic E-state index is 0.836. The Morgan fingerprint density at radius 3 is 2.58 bits per heavy atom. The van der Waals surface area contributed by atoms with E-state index in [9.17, 15) is 0 Å². The normalized spacial score (nSPS) is 14.4. The lowest BCUT2D eigenvalue weighted by Crippen LogP contribution is -2.00. The molecule has 0 bridgehead atoms. The van der Waals surface area contributed by atoms with Gasteiger partial charge < -0.3 is 5.32 Å². The van der Waals surface area contributed by atoms with Gasteiger partial charge in [-0.05, 0) is 54.0 Å². The molecule has 1 aliphatic carbocycles. The second-order valence-corrected chi connectivity index (χ2v) is 5.43. The van der Waals surface area contributed by atoms with Crippen molar-refractivity contribution in [2.45, 2.75) is 38.6 Å². The van der Waals surface area contributed by atoms with Crippen molar-refractivity contribution in [1.29, 1.82) is 0 Å². The summed E-state index contributed by atoms with van der Waals surface area (Å²) in [5.74, 6) is 0.836. The number of hydrogen-bond donors (Lipinski definition) is 1. The van der Waals surface area contributed by atoms with Crippen LogP contribution in [0.5, 0.6) is 0 Å². The second-order valence-electron chi connectivity index (χ2n) is 5.43. The van der Waals surface area contributed by atoms with Crippen LogP contribution in [0.25, 0.3) is 0 Å². The number of nitrogens with one attached hydrogen (secondary N) is 1. The summed E-state index contributed by atoms with van der Waals surface area (Å²) in [4.78, 5) is 0. The van der Waals surface area contributed by atoms with Gasteiger partial charge in [-0.2, -0.15) is 0 Å². The van der Waals surface area contributed by atoms with Crippen molar-refractivity contribution in [2.75, 3.05) is 5.32 Å². The van der Waals surface area contributed by atoms with Gasteiger partial charge in [0, 0.05) is 12.2 Å². The highest BCUT2D eigenvalue weighted by atomic mass is 14.9. The van der Waals surface area contributed by atoms with Gasteiger partial charge in [0.15, 0.2) is 0 Å². The Morgan fingerprint density at radius 2 is 1.79 bits per heavy atom. The van der Waals surface area contributed by atoms with Crippen molar-refractivity contribution in [3.8, 4) is 0 Å². The zero-order chi connectivity index (χ0) is 13.1. The maximum absolute atomic E-state index is 3.52. The van der Waals surface area contributed by atoms with E-state index in [1.165, 1.54) is 35.2 Å². The highest BCUT2D eigenvalue weighted by molar-refractivity contribution is 5.46. The third-order valence-corrected chi connectivity index (χ3v) is 3.83. The first-order valence-electron chi connectivity index (χ1n) is 7.27. The Labute approximate surface area is 115 Å². The van der Waals surface area contributed by atoms with Gasteiger partial charge in [0.25, 0.3) is 0 Å². The van der Waals surface area contributed by atoms with Crippen LogP contribution in [-0.2, 0) is 13.0 Å². The molecule has 98 valence electrons. The molecule has 3 rings (SSSR count). The predicted octanol–water partition coefficient (Wildman–Crippen LogP) is 4.74. The Morgan fingerprint density at radius 1 is 1.00 bits per heavy atom. The summed E-state index contributed by atoms with van der Waals surface area (Å²) >= 11 is 0. The summed E-state index contributed by atoms with van der Waals surface area (Å²) in [7, 11) is 0. The van der Waals surface area contributed by atoms with Gasteiger partial charge in [0.2, 0.25) is 0 Å². The van der Waals surface area contributed by atoms with Gasteiger partial charge in [-0.1, -0.05) is 43.3 Å². The van der Waals surface area contributed by atoms with Crippen molar-refractivity contribution >= 4 is 5.69 Å². The fourth-order valence-corrected chi connectivity index (χ4v) is 2.48. The smallest absolute Gasteiger partial charge is 0.0400 e. The first kappa shape index (κ1) is 12.3. The van der Waals surface area contributed by atoms with Crippen molar-refractivity contribution in [2.24, 2.45) is 0 Å². The molecule has 1 aliphatic rings. The number of rotatable bonds is 5. The van der Waals surface area contributed by atoms with Gasteiger partial charge in [0.05, 0.1) is 0 Å². The molecule has 0 atom stereocenters. The van der Waals surface area contributed by atoms with Gasteiger partial charge in [0.1, 0.15) is 0 Å². The van der Waals surface area contributed by atoms with Crippen LogP contribution in [0, 0.1) is 0 Å². The minimum Gasteiger partial charge on any atom is -0.381 e. The molecule has 1 saturated carbocycles. The van der Waals surface area contributed by atoms with E-state index in [2.05, 4.69) is 60.8 Å². The topological polar surface area (TPSA) is 12.0 Å². The van der Waals surface area contributed by atoms with Crippen molar-refractivity contribution < 1.29 is 0 Å². The molecule has 0 aliphatic heterocycles. The fraction of sp³-hybridized carbons (Fsp3) is 0.333. The highest BCUT2D eigenvalue weighted by Gasteiger charge is 2.23. The van der Waals surface area contributed by atoms with Crippen LogP contribution in [0.3, 0.4) is 0 Å². The van der Waals surface area contributed by atoms with Crippen LogP contribution in [0.15, 0.2) is 48.5 Å². The maximum Gasteiger partial charge on any atom is 0.0400 e. The molecule has 0 radical (unpaired) electrons. The molecule has 0 saturated heterocycles. The molecule has 2 aromatic carbocycles. The molecule has 1 N–H and O–H groups in total. The third-order valence-electron chi connectivity index (χ3n) is 3.83. The predicted molar refractivity (Wildman–Crippen MR) is 81.6 cm³/mol. The molecule has 0 spiro atoms. The average Bonchev–Trinajstić information content (AvgIpc) is 3.30. The first-order chi connectivity index (χ1) is 9.35. The molecule has 0 unspecified atom stereocenters. The lowest BCUT2D eigenvalue weighted by atomic mass is 10.1. The van der Waals surface area contributed by atoms with E-state index >= 15 is 0 Å². The van der Waals surface area contributed by atoms with Crippen LogP contribution in [0.1, 0.15) is 42.4 Å². The first-order valence-corrected chi connectivity index (χ1v) is 7.27. The highest BCUT2D eigenvalue weighted by Crippen LogP contribution is 2.40. The molecule has 2 aromatic rings. The Hall–Kier alpha value is -1.76. The van der Waals surface area contributed by atoms with E-state index < -0.39 is 0 Å². The van der Waals surface area contributed by atoms with Crippen LogP contribution in [0.4, 0.5) is 5.69 Å². The van der Waals surface area contributed by atoms with Gasteiger partial charge in [-0.25, -0.2) is 0 Å². The summed E-state index contributed by atoms with van der Waals surface area (Å²) < 4.78 is 0. The minimum atomic E-state index is 0.836. The van der Waals surface area contributed by atoms with E-state index in [0.717, 1.165) is 18.9 Å². The number of hydrogen-bond acceptors (Lipinski definition) is 1. The Kier molecular flexibility index (Phi) is 3.54. The van der Waals surface area contributed by atoms with E-state index in [4.69, 9.17) is 0 Å². The van der Waals surface area contributed by atoms with Gasteiger partial charge in [-0.15, -0.1) is 0 Å². The van der Waals surface area contributed by atoms with Crippen LogP contribution >= 0.6 is 0 Å². The summed E-state index contributed by atoms with van der Waals surface area (Å²) in [6.07, 6.45) is 3.83. The summed E-state index contributed by atoms with van der Waals surface area (Å²) in [6.45, 7) is 3.10. The summed E-state index contributed by atoms with van der Waals surface area (Å²) in [5, 5.41) is 3.52. The van der Waals surface area contributed by atoms with E-state index in [1.807, 2.05) is 0 Å². The number of anilines is 1. The fourth-order valence-electron chi connectivity index (χ4n) is 2.48. The lowest BCUT2D eigenvalue weighted by molar-refractivity contribution is 1.08. The molecule has 0 aromatic heterocycles. The number of aryl methyl sites for hydroxylation is 1. The van der Waals surface area contributed by atoms with Crippen molar-refractivity contribution in [3.63, 3.8) is 0 Å². The molecule has 1 nitrogen and oxygen atoms in total. The molecule has 1 heteroatoms. The average molecular weight is 251 g/mol. The lowest BCUT2D eigenvalue weighted by Gasteiger charge is -2.09. The zero-order valence-corrected chi connectivity index (χ0v) is 11.5. The summed E-state index contributed by atoms with van der Waals surface area (Å²) in [6, 6.07) is 17.7. The summed E-state index contributed by atoms with van der Waals surface area (Å²) in [5.41, 5.74) is 5.50. The monoisotopic (exact) mass is 251 g/mol. The molecule has 1 fully saturated rings. The molecule has 19 heavy (non-hydrogen) atoms. The van der Waals surface area contributed by atoms with Gasteiger partial charge >= 0.3 is 0 Å². The SMILES string of the molecule is CCc1cccc(NCc2cccc(C3CC3)c2)c1. The van der Waals surface area contributed by atoms with E-state index in [0.29, 0.717) is 0 Å². The van der Waals surface area contributed by atoms with Crippen molar-refractivity contribution in [1.82, 2.24) is 0 Å². The van der Waals surface area contributed by atoms with E-state index in [-0.39, 0.29) is 0 Å². The van der Waals surface area contributed by atoms with Crippen LogP contribution in [-0.4, -0.2) is 0 Å². The Bertz CT molecular complexity index is 555. The zero-order valence-electron chi connectivity index (χ0n) is 11.5. The molecule has 0 amide bonds. The second kappa shape index (κ2) is 5.48. The van der Waals surface area contributed by atoms with Crippen LogP contribution in [0.2, 0.25) is 0 Å². The van der Waals surface area contributed by atoms with Crippen LogP contribution < -0.4 is 5.32 Å². The van der Waals surface area contributed by atoms with Crippen molar-refractivity contribution in [3.05, 3.63) is 65.2 Å². The Balaban J connectivity index is 1.66.